The van der Waals surface area contributed by atoms with Crippen LogP contribution in [0.1, 0.15) is 41.7 Å². The molecule has 1 fully saturated rings. The van der Waals surface area contributed by atoms with Crippen molar-refractivity contribution in [1.82, 2.24) is 29.9 Å². The number of rotatable bonds is 3. The second kappa shape index (κ2) is 5.73. The predicted octanol–water partition coefficient (Wildman–Crippen LogP) is 2.11. The molecule has 120 valence electrons. The second-order valence-corrected chi connectivity index (χ2v) is 6.29. The highest BCUT2D eigenvalue weighted by atomic mass is 16.5. The molecule has 0 N–H and O–H groups in total. The van der Waals surface area contributed by atoms with Crippen LogP contribution in [-0.2, 0) is 6.54 Å². The number of nitrogens with zero attached hydrogens (tertiary/aromatic N) is 6. The number of piperidine rings is 1. The van der Waals surface area contributed by atoms with E-state index in [1.54, 1.807) is 0 Å². The van der Waals surface area contributed by atoms with E-state index in [9.17, 15) is 0 Å². The molecule has 1 aliphatic heterocycles. The third-order valence-electron chi connectivity index (χ3n) is 4.43. The fraction of sp³-hybridized carbons (Fsp3) is 0.500. The average Bonchev–Trinajstić information content (AvgIpc) is 3.14. The summed E-state index contributed by atoms with van der Waals surface area (Å²) in [5.74, 6) is 2.33. The second-order valence-electron chi connectivity index (χ2n) is 6.29. The lowest BCUT2D eigenvalue weighted by Crippen LogP contribution is -2.33. The van der Waals surface area contributed by atoms with Gasteiger partial charge in [0.1, 0.15) is 0 Å². The Kier molecular flexibility index (Phi) is 3.57. The number of likely N-dealkylation sites (tertiary alicyclic amines) is 1. The fourth-order valence-electron chi connectivity index (χ4n) is 3.21. The maximum absolute atomic E-state index is 5.31. The lowest BCUT2D eigenvalue weighted by molar-refractivity contribution is 0.181. The lowest BCUT2D eigenvalue weighted by Gasteiger charge is -2.30. The number of aromatic nitrogens is 5. The minimum atomic E-state index is 0.409. The summed E-state index contributed by atoms with van der Waals surface area (Å²) >= 11 is 0. The van der Waals surface area contributed by atoms with E-state index in [2.05, 4.69) is 25.4 Å². The first-order valence-electron chi connectivity index (χ1n) is 8.02. The molecule has 0 unspecified atom stereocenters. The molecular weight excluding hydrogens is 292 g/mol. The van der Waals surface area contributed by atoms with E-state index < -0.39 is 0 Å². The Morgan fingerprint density at radius 1 is 1.13 bits per heavy atom. The van der Waals surface area contributed by atoms with Gasteiger partial charge >= 0.3 is 0 Å². The van der Waals surface area contributed by atoms with Gasteiger partial charge in [-0.1, -0.05) is 5.16 Å². The molecule has 4 rings (SSSR count). The van der Waals surface area contributed by atoms with Crippen LogP contribution in [0.25, 0.3) is 5.65 Å². The molecule has 0 bridgehead atoms. The van der Waals surface area contributed by atoms with Crippen molar-refractivity contribution >= 4 is 5.65 Å². The van der Waals surface area contributed by atoms with Crippen molar-refractivity contribution in [2.75, 3.05) is 13.1 Å². The van der Waals surface area contributed by atoms with Gasteiger partial charge in [-0.05, 0) is 51.9 Å². The monoisotopic (exact) mass is 312 g/mol. The number of hydrogen-bond donors (Lipinski definition) is 0. The highest BCUT2D eigenvalue weighted by Crippen LogP contribution is 2.27. The molecule has 4 heterocycles. The molecule has 3 aromatic rings. The van der Waals surface area contributed by atoms with Gasteiger partial charge < -0.3 is 4.52 Å². The van der Waals surface area contributed by atoms with Crippen LogP contribution in [0.3, 0.4) is 0 Å². The highest BCUT2D eigenvalue weighted by molar-refractivity contribution is 5.36. The first-order valence-corrected chi connectivity index (χ1v) is 8.02. The number of hydrogen-bond acceptors (Lipinski definition) is 6. The van der Waals surface area contributed by atoms with Crippen molar-refractivity contribution in [3.8, 4) is 0 Å². The Morgan fingerprint density at radius 2 is 1.96 bits per heavy atom. The first-order chi connectivity index (χ1) is 11.2. The molecule has 0 spiro atoms. The smallest absolute Gasteiger partial charge is 0.177 e. The van der Waals surface area contributed by atoms with E-state index in [4.69, 9.17) is 4.52 Å². The number of fused-ring (bicyclic) bond motifs is 1. The fourth-order valence-corrected chi connectivity index (χ4v) is 3.21. The van der Waals surface area contributed by atoms with Gasteiger partial charge in [-0.15, -0.1) is 10.2 Å². The van der Waals surface area contributed by atoms with Crippen molar-refractivity contribution < 1.29 is 4.52 Å². The van der Waals surface area contributed by atoms with Gasteiger partial charge in [0.05, 0.1) is 17.9 Å². The molecule has 0 saturated carbocycles. The molecule has 0 amide bonds. The van der Waals surface area contributed by atoms with Crippen LogP contribution in [0.4, 0.5) is 0 Å². The van der Waals surface area contributed by atoms with Crippen LogP contribution in [0.5, 0.6) is 0 Å². The average molecular weight is 312 g/mol. The molecule has 1 saturated heterocycles. The molecule has 0 radical (unpaired) electrons. The zero-order valence-corrected chi connectivity index (χ0v) is 13.4. The summed E-state index contributed by atoms with van der Waals surface area (Å²) in [5.41, 5.74) is 2.74. The molecule has 0 aliphatic carbocycles. The van der Waals surface area contributed by atoms with Gasteiger partial charge in [-0.25, -0.2) is 0 Å². The van der Waals surface area contributed by atoms with E-state index in [1.807, 2.05) is 36.6 Å². The Morgan fingerprint density at radius 3 is 2.70 bits per heavy atom. The molecule has 0 atom stereocenters. The predicted molar refractivity (Wildman–Crippen MR) is 84.0 cm³/mol. The Bertz CT molecular complexity index is 815. The van der Waals surface area contributed by atoms with Crippen LogP contribution in [0.2, 0.25) is 0 Å². The highest BCUT2D eigenvalue weighted by Gasteiger charge is 2.25. The van der Waals surface area contributed by atoms with Gasteiger partial charge in [-0.2, -0.15) is 9.61 Å². The van der Waals surface area contributed by atoms with E-state index in [1.165, 1.54) is 0 Å². The maximum atomic E-state index is 5.31. The summed E-state index contributed by atoms with van der Waals surface area (Å²) in [7, 11) is 0. The minimum Gasteiger partial charge on any atom is -0.360 e. The quantitative estimate of drug-likeness (QED) is 0.737. The van der Waals surface area contributed by atoms with E-state index in [0.717, 1.165) is 61.1 Å². The summed E-state index contributed by atoms with van der Waals surface area (Å²) in [5, 5.41) is 17.1. The van der Waals surface area contributed by atoms with E-state index in [-0.39, 0.29) is 0 Å². The molecule has 0 aromatic carbocycles. The van der Waals surface area contributed by atoms with Crippen molar-refractivity contribution in [3.63, 3.8) is 0 Å². The van der Waals surface area contributed by atoms with Crippen LogP contribution >= 0.6 is 0 Å². The Balaban J connectivity index is 1.45. The van der Waals surface area contributed by atoms with E-state index in [0.29, 0.717) is 5.92 Å². The summed E-state index contributed by atoms with van der Waals surface area (Å²) in [4.78, 5) is 2.40. The number of aryl methyl sites for hydroxylation is 2. The SMILES string of the molecule is Cc1cc(CN2CCC(c3nnc4ccc(C)nn34)CC2)on1. The van der Waals surface area contributed by atoms with Crippen molar-refractivity contribution in [1.29, 1.82) is 0 Å². The summed E-state index contributed by atoms with van der Waals surface area (Å²) in [6.45, 7) is 6.80. The molecule has 1 aliphatic rings. The van der Waals surface area contributed by atoms with Gasteiger partial charge in [0.2, 0.25) is 0 Å². The van der Waals surface area contributed by atoms with Crippen LogP contribution in [-0.4, -0.2) is 43.0 Å². The molecule has 23 heavy (non-hydrogen) atoms. The summed E-state index contributed by atoms with van der Waals surface area (Å²) in [6, 6.07) is 5.95. The zero-order chi connectivity index (χ0) is 15.8. The maximum Gasteiger partial charge on any atom is 0.177 e. The first kappa shape index (κ1) is 14.3. The molecule has 7 heteroatoms. The van der Waals surface area contributed by atoms with Gasteiger partial charge in [0.25, 0.3) is 0 Å². The van der Waals surface area contributed by atoms with Crippen molar-refractivity contribution in [3.05, 3.63) is 41.2 Å². The summed E-state index contributed by atoms with van der Waals surface area (Å²) < 4.78 is 7.21. The third kappa shape index (κ3) is 2.84. The van der Waals surface area contributed by atoms with Crippen LogP contribution < -0.4 is 0 Å². The van der Waals surface area contributed by atoms with E-state index >= 15 is 0 Å². The minimum absolute atomic E-state index is 0.409. The lowest BCUT2D eigenvalue weighted by atomic mass is 9.96. The van der Waals surface area contributed by atoms with Gasteiger partial charge in [0.15, 0.2) is 17.2 Å². The van der Waals surface area contributed by atoms with Crippen molar-refractivity contribution in [2.24, 2.45) is 0 Å². The normalized spacial score (nSPS) is 17.1. The standard InChI is InChI=1S/C16H20N6O/c1-11-3-4-15-17-18-16(22(15)19-11)13-5-7-21(8-6-13)10-14-9-12(2)20-23-14/h3-4,9,13H,5-8,10H2,1-2H3. The molecule has 7 nitrogen and oxygen atoms in total. The third-order valence-corrected chi connectivity index (χ3v) is 4.43. The van der Waals surface area contributed by atoms with Gasteiger partial charge in [0, 0.05) is 12.0 Å². The van der Waals surface area contributed by atoms with Crippen molar-refractivity contribution in [2.45, 2.75) is 39.2 Å². The Labute approximate surface area is 134 Å². The van der Waals surface area contributed by atoms with Gasteiger partial charge in [-0.3, -0.25) is 4.90 Å². The molecular formula is C16H20N6O. The largest absolute Gasteiger partial charge is 0.360 e. The van der Waals surface area contributed by atoms with Crippen LogP contribution in [0.15, 0.2) is 22.7 Å². The molecule has 3 aromatic heterocycles. The Hall–Kier alpha value is -2.28. The van der Waals surface area contributed by atoms with Crippen LogP contribution in [0, 0.1) is 13.8 Å². The zero-order valence-electron chi connectivity index (χ0n) is 13.4. The topological polar surface area (TPSA) is 72.4 Å². The summed E-state index contributed by atoms with van der Waals surface area (Å²) in [6.07, 6.45) is 2.12.